The molecule has 0 aliphatic carbocycles. The van der Waals surface area contributed by atoms with E-state index in [4.69, 9.17) is 5.73 Å². The Morgan fingerprint density at radius 3 is 2.79 bits per heavy atom. The molecular weight excluding hydrogens is 183 g/mol. The monoisotopic (exact) mass is 194 g/mol. The second-order valence-corrected chi connectivity index (χ2v) is 3.80. The molecule has 1 aliphatic rings. The van der Waals surface area contributed by atoms with Crippen LogP contribution in [0.4, 0.5) is 10.1 Å². The summed E-state index contributed by atoms with van der Waals surface area (Å²) in [5.74, 6) is -0.657. The lowest BCUT2D eigenvalue weighted by Gasteiger charge is -2.15. The number of amides is 1. The first-order valence-electron chi connectivity index (χ1n) is 4.34. The second-order valence-electron chi connectivity index (χ2n) is 3.80. The lowest BCUT2D eigenvalue weighted by molar-refractivity contribution is -0.120. The molecule has 1 aromatic carbocycles. The number of nitrogens with one attached hydrogen (secondary N) is 1. The minimum absolute atomic E-state index is 0.291. The van der Waals surface area contributed by atoms with Crippen molar-refractivity contribution in [1.82, 2.24) is 0 Å². The van der Waals surface area contributed by atoms with E-state index in [-0.39, 0.29) is 11.7 Å². The summed E-state index contributed by atoms with van der Waals surface area (Å²) in [4.78, 5) is 11.5. The molecular formula is C10H11FN2O. The van der Waals surface area contributed by atoms with E-state index in [0.717, 1.165) is 0 Å². The minimum Gasteiger partial charge on any atom is -0.324 e. The van der Waals surface area contributed by atoms with Crippen LogP contribution in [0, 0.1) is 12.7 Å². The van der Waals surface area contributed by atoms with Crippen molar-refractivity contribution in [2.24, 2.45) is 5.73 Å². The van der Waals surface area contributed by atoms with E-state index >= 15 is 0 Å². The number of hydrogen-bond acceptors (Lipinski definition) is 2. The highest BCUT2D eigenvalue weighted by Crippen LogP contribution is 2.36. The number of benzene rings is 1. The molecule has 1 aromatic rings. The standard InChI is InChI=1S/C10H11FN2O/c1-5-3-6(11)4-7-8(5)13-9(14)10(7,2)12/h3-4H,12H2,1-2H3,(H,13,14). The first kappa shape index (κ1) is 9.15. The summed E-state index contributed by atoms with van der Waals surface area (Å²) in [5.41, 5.74) is 6.53. The van der Waals surface area contributed by atoms with E-state index < -0.39 is 5.54 Å². The summed E-state index contributed by atoms with van der Waals surface area (Å²) in [5, 5.41) is 2.65. The predicted molar refractivity (Wildman–Crippen MR) is 51.3 cm³/mol. The van der Waals surface area contributed by atoms with Gasteiger partial charge in [0.2, 0.25) is 5.91 Å². The lowest BCUT2D eigenvalue weighted by Crippen LogP contribution is -2.40. The summed E-state index contributed by atoms with van der Waals surface area (Å²) in [6.07, 6.45) is 0. The van der Waals surface area contributed by atoms with Gasteiger partial charge in [0.25, 0.3) is 0 Å². The highest BCUT2D eigenvalue weighted by atomic mass is 19.1. The molecule has 3 nitrogen and oxygen atoms in total. The van der Waals surface area contributed by atoms with Gasteiger partial charge in [0.1, 0.15) is 11.4 Å². The molecule has 1 heterocycles. The van der Waals surface area contributed by atoms with Crippen molar-refractivity contribution in [1.29, 1.82) is 0 Å². The number of carbonyl (C=O) groups is 1. The van der Waals surface area contributed by atoms with Crippen molar-refractivity contribution in [3.05, 3.63) is 29.1 Å². The van der Waals surface area contributed by atoms with Crippen LogP contribution in [0.1, 0.15) is 18.1 Å². The van der Waals surface area contributed by atoms with E-state index in [1.165, 1.54) is 12.1 Å². The Balaban J connectivity index is 2.71. The molecule has 1 aliphatic heterocycles. The first-order chi connectivity index (χ1) is 6.43. The van der Waals surface area contributed by atoms with Crippen LogP contribution in [0.15, 0.2) is 12.1 Å². The zero-order chi connectivity index (χ0) is 10.5. The molecule has 4 heteroatoms. The Bertz CT molecular complexity index is 426. The normalized spacial score (nSPS) is 24.7. The molecule has 2 rings (SSSR count). The Kier molecular flexibility index (Phi) is 1.66. The molecule has 0 fully saturated rings. The number of nitrogens with two attached hydrogens (primary N) is 1. The molecule has 0 aromatic heterocycles. The first-order valence-corrected chi connectivity index (χ1v) is 4.34. The van der Waals surface area contributed by atoms with Crippen LogP contribution in [-0.2, 0) is 10.3 Å². The Hall–Kier alpha value is -1.42. The SMILES string of the molecule is Cc1cc(F)cc2c1NC(=O)C2(C)N. The number of aryl methyl sites for hydroxylation is 1. The van der Waals surface area contributed by atoms with Crippen LogP contribution in [0.25, 0.3) is 0 Å². The number of anilines is 1. The molecule has 1 unspecified atom stereocenters. The molecule has 74 valence electrons. The maximum atomic E-state index is 13.1. The van der Waals surface area contributed by atoms with Crippen LogP contribution in [0.2, 0.25) is 0 Å². The quantitative estimate of drug-likeness (QED) is 0.653. The third-order valence-corrected chi connectivity index (χ3v) is 2.57. The highest BCUT2D eigenvalue weighted by molar-refractivity contribution is 6.06. The van der Waals surface area contributed by atoms with Crippen molar-refractivity contribution in [3.8, 4) is 0 Å². The van der Waals surface area contributed by atoms with Crippen molar-refractivity contribution >= 4 is 11.6 Å². The number of halogens is 1. The van der Waals surface area contributed by atoms with Gasteiger partial charge in [0, 0.05) is 11.3 Å². The Labute approximate surface area is 81.1 Å². The van der Waals surface area contributed by atoms with Crippen LogP contribution < -0.4 is 11.1 Å². The number of fused-ring (bicyclic) bond motifs is 1. The fraction of sp³-hybridized carbons (Fsp3) is 0.300. The largest absolute Gasteiger partial charge is 0.324 e. The zero-order valence-corrected chi connectivity index (χ0v) is 8.02. The average Bonchev–Trinajstić information content (AvgIpc) is 2.28. The Morgan fingerprint density at radius 1 is 1.50 bits per heavy atom. The molecule has 0 spiro atoms. The van der Waals surface area contributed by atoms with Gasteiger partial charge < -0.3 is 11.1 Å². The molecule has 0 bridgehead atoms. The van der Waals surface area contributed by atoms with Crippen molar-refractivity contribution in [2.45, 2.75) is 19.4 Å². The second kappa shape index (κ2) is 2.54. The third kappa shape index (κ3) is 1.04. The number of carbonyl (C=O) groups excluding carboxylic acids is 1. The van der Waals surface area contributed by atoms with E-state index in [1.54, 1.807) is 13.8 Å². The van der Waals surface area contributed by atoms with Gasteiger partial charge in [-0.3, -0.25) is 4.79 Å². The van der Waals surface area contributed by atoms with Gasteiger partial charge in [0.05, 0.1) is 0 Å². The fourth-order valence-electron chi connectivity index (χ4n) is 1.68. The van der Waals surface area contributed by atoms with Crippen LogP contribution in [-0.4, -0.2) is 5.91 Å². The maximum Gasteiger partial charge on any atom is 0.248 e. The molecule has 1 atom stereocenters. The van der Waals surface area contributed by atoms with Gasteiger partial charge in [0.15, 0.2) is 0 Å². The third-order valence-electron chi connectivity index (χ3n) is 2.57. The van der Waals surface area contributed by atoms with E-state index in [9.17, 15) is 9.18 Å². The summed E-state index contributed by atoms with van der Waals surface area (Å²) in [6, 6.07) is 2.68. The van der Waals surface area contributed by atoms with Gasteiger partial charge in [-0.2, -0.15) is 0 Å². The smallest absolute Gasteiger partial charge is 0.248 e. The number of hydrogen-bond donors (Lipinski definition) is 2. The summed E-state index contributed by atoms with van der Waals surface area (Å²) >= 11 is 0. The average molecular weight is 194 g/mol. The predicted octanol–water partition coefficient (Wildman–Crippen LogP) is 1.26. The summed E-state index contributed by atoms with van der Waals surface area (Å²) < 4.78 is 13.1. The Morgan fingerprint density at radius 2 is 2.14 bits per heavy atom. The van der Waals surface area contributed by atoms with Gasteiger partial charge >= 0.3 is 0 Å². The number of rotatable bonds is 0. The fourth-order valence-corrected chi connectivity index (χ4v) is 1.68. The summed E-state index contributed by atoms with van der Waals surface area (Å²) in [6.45, 7) is 3.32. The minimum atomic E-state index is -1.12. The van der Waals surface area contributed by atoms with Gasteiger partial charge in [-0.1, -0.05) is 0 Å². The highest BCUT2D eigenvalue weighted by Gasteiger charge is 2.40. The van der Waals surface area contributed by atoms with E-state index in [0.29, 0.717) is 16.8 Å². The summed E-state index contributed by atoms with van der Waals surface area (Å²) in [7, 11) is 0. The lowest BCUT2D eigenvalue weighted by atomic mass is 9.93. The molecule has 0 saturated heterocycles. The molecule has 14 heavy (non-hydrogen) atoms. The van der Waals surface area contributed by atoms with Crippen LogP contribution >= 0.6 is 0 Å². The van der Waals surface area contributed by atoms with Crippen molar-refractivity contribution in [3.63, 3.8) is 0 Å². The van der Waals surface area contributed by atoms with Gasteiger partial charge in [-0.15, -0.1) is 0 Å². The molecule has 0 saturated carbocycles. The molecule has 1 amide bonds. The van der Waals surface area contributed by atoms with Crippen molar-refractivity contribution in [2.75, 3.05) is 5.32 Å². The maximum absolute atomic E-state index is 13.1. The van der Waals surface area contributed by atoms with E-state index in [1.807, 2.05) is 0 Å². The zero-order valence-electron chi connectivity index (χ0n) is 8.02. The van der Waals surface area contributed by atoms with E-state index in [2.05, 4.69) is 5.32 Å². The molecule has 0 radical (unpaired) electrons. The van der Waals surface area contributed by atoms with Crippen molar-refractivity contribution < 1.29 is 9.18 Å². The topological polar surface area (TPSA) is 55.1 Å². The van der Waals surface area contributed by atoms with Gasteiger partial charge in [-0.25, -0.2) is 4.39 Å². The van der Waals surface area contributed by atoms with Crippen LogP contribution in [0.3, 0.4) is 0 Å². The van der Waals surface area contributed by atoms with Crippen LogP contribution in [0.5, 0.6) is 0 Å². The van der Waals surface area contributed by atoms with Gasteiger partial charge in [-0.05, 0) is 31.5 Å². The molecule has 3 N–H and O–H groups in total.